The number of hydrazine groups is 1. The zero-order valence-corrected chi connectivity index (χ0v) is 18.4. The predicted molar refractivity (Wildman–Crippen MR) is 114 cm³/mol. The van der Waals surface area contributed by atoms with Gasteiger partial charge in [0.15, 0.2) is 0 Å². The second-order valence-corrected chi connectivity index (χ2v) is 9.73. The van der Waals surface area contributed by atoms with Crippen molar-refractivity contribution in [2.75, 3.05) is 11.4 Å². The minimum absolute atomic E-state index is 0.0284. The SMILES string of the molecule is CC(C)(C)OC(=O)N1CC(C(=O)NNS(=O)(=O)c2ccc([N+](=O)[O-])cc2)c2ccccc21. The number of nitro benzene ring substituents is 1. The smallest absolute Gasteiger partial charge is 0.414 e. The molecule has 0 bridgehead atoms. The van der Waals surface area contributed by atoms with E-state index in [1.54, 1.807) is 45.0 Å². The van der Waals surface area contributed by atoms with E-state index < -0.39 is 38.5 Å². The highest BCUT2D eigenvalue weighted by Gasteiger charge is 2.38. The number of fused-ring (bicyclic) bond motifs is 1. The van der Waals surface area contributed by atoms with E-state index in [4.69, 9.17) is 4.74 Å². The molecule has 2 aromatic carbocycles. The topological polar surface area (TPSA) is 148 Å². The molecular formula is C20H22N4O7S. The van der Waals surface area contributed by atoms with Gasteiger partial charge in [0.1, 0.15) is 5.60 Å². The van der Waals surface area contributed by atoms with Crippen molar-refractivity contribution in [2.24, 2.45) is 0 Å². The van der Waals surface area contributed by atoms with Crippen molar-refractivity contribution in [1.82, 2.24) is 10.3 Å². The van der Waals surface area contributed by atoms with Gasteiger partial charge in [0.05, 0.1) is 21.4 Å². The van der Waals surface area contributed by atoms with Crippen molar-refractivity contribution in [3.05, 3.63) is 64.2 Å². The molecule has 170 valence electrons. The first-order valence-electron chi connectivity index (χ1n) is 9.54. The fraction of sp³-hybridized carbons (Fsp3) is 0.300. The fourth-order valence-corrected chi connectivity index (χ4v) is 3.98. The van der Waals surface area contributed by atoms with Gasteiger partial charge < -0.3 is 4.74 Å². The van der Waals surface area contributed by atoms with Crippen LogP contribution in [0.4, 0.5) is 16.2 Å². The molecule has 2 N–H and O–H groups in total. The standard InChI is InChI=1S/C20H22N4O7S/c1-20(2,3)31-19(26)23-12-16(15-6-4-5-7-17(15)23)18(25)21-22-32(29,30)14-10-8-13(9-11-14)24(27)28/h4-11,16,22H,12H2,1-3H3,(H,21,25). The third kappa shape index (κ3) is 5.03. The van der Waals surface area contributed by atoms with Crippen molar-refractivity contribution >= 4 is 33.4 Å². The third-order valence-corrected chi connectivity index (χ3v) is 5.83. The lowest BCUT2D eigenvalue weighted by atomic mass is 10.0. The zero-order valence-electron chi connectivity index (χ0n) is 17.6. The molecule has 2 aromatic rings. The van der Waals surface area contributed by atoms with Gasteiger partial charge in [-0.05, 0) is 44.5 Å². The summed E-state index contributed by atoms with van der Waals surface area (Å²) in [6.07, 6.45) is -0.619. The van der Waals surface area contributed by atoms with E-state index in [1.807, 2.05) is 4.83 Å². The number of ether oxygens (including phenoxy) is 1. The van der Waals surface area contributed by atoms with E-state index >= 15 is 0 Å². The molecule has 0 fully saturated rings. The second-order valence-electron chi connectivity index (χ2n) is 8.05. The Bertz CT molecular complexity index is 1160. The normalized spacial score (nSPS) is 15.7. The van der Waals surface area contributed by atoms with Crippen LogP contribution < -0.4 is 15.2 Å². The number of nitro groups is 1. The maximum absolute atomic E-state index is 12.8. The molecule has 1 aliphatic heterocycles. The lowest BCUT2D eigenvalue weighted by Crippen LogP contribution is -2.45. The number of nitrogens with zero attached hydrogens (tertiary/aromatic N) is 2. The van der Waals surface area contributed by atoms with E-state index in [2.05, 4.69) is 5.43 Å². The summed E-state index contributed by atoms with van der Waals surface area (Å²) in [5.41, 5.74) is 2.21. The highest BCUT2D eigenvalue weighted by atomic mass is 32.2. The largest absolute Gasteiger partial charge is 0.443 e. The second kappa shape index (κ2) is 8.55. The zero-order chi connectivity index (χ0) is 23.7. The lowest BCUT2D eigenvalue weighted by molar-refractivity contribution is -0.384. The van der Waals surface area contributed by atoms with E-state index in [1.165, 1.54) is 4.90 Å². The van der Waals surface area contributed by atoms with Crippen molar-refractivity contribution in [3.8, 4) is 0 Å². The number of hydrogen-bond acceptors (Lipinski definition) is 7. The monoisotopic (exact) mass is 462 g/mol. The minimum Gasteiger partial charge on any atom is -0.443 e. The molecule has 1 aliphatic rings. The van der Waals surface area contributed by atoms with Gasteiger partial charge in [-0.15, -0.1) is 4.83 Å². The Kier molecular flexibility index (Phi) is 6.19. The minimum atomic E-state index is -4.17. The van der Waals surface area contributed by atoms with Gasteiger partial charge in [0.25, 0.3) is 15.7 Å². The van der Waals surface area contributed by atoms with Gasteiger partial charge in [-0.1, -0.05) is 18.2 Å². The highest BCUT2D eigenvalue weighted by Crippen LogP contribution is 2.37. The van der Waals surface area contributed by atoms with Gasteiger partial charge in [-0.25, -0.2) is 13.2 Å². The Morgan fingerprint density at radius 1 is 1.12 bits per heavy atom. The summed E-state index contributed by atoms with van der Waals surface area (Å²) in [7, 11) is -4.17. The van der Waals surface area contributed by atoms with Gasteiger partial charge in [0.2, 0.25) is 5.91 Å². The maximum atomic E-state index is 12.8. The number of para-hydroxylation sites is 1. The molecule has 0 aliphatic carbocycles. The Balaban J connectivity index is 1.73. The van der Waals surface area contributed by atoms with Gasteiger partial charge >= 0.3 is 6.09 Å². The molecule has 0 spiro atoms. The van der Waals surface area contributed by atoms with Crippen LogP contribution in [-0.4, -0.2) is 37.5 Å². The molecule has 1 unspecified atom stereocenters. The Hall–Kier alpha value is -3.51. The average molecular weight is 462 g/mol. The molecule has 0 saturated carbocycles. The first-order chi connectivity index (χ1) is 14.9. The summed E-state index contributed by atoms with van der Waals surface area (Å²) in [5.74, 6) is -1.51. The number of nitrogens with one attached hydrogen (secondary N) is 2. The molecule has 3 rings (SSSR count). The van der Waals surface area contributed by atoms with Crippen molar-refractivity contribution < 1.29 is 27.7 Å². The molecule has 2 amide bonds. The molecule has 0 radical (unpaired) electrons. The number of hydrogen-bond donors (Lipinski definition) is 2. The molecule has 32 heavy (non-hydrogen) atoms. The van der Waals surface area contributed by atoms with Gasteiger partial charge in [-0.2, -0.15) is 0 Å². The summed E-state index contributed by atoms with van der Waals surface area (Å²) in [5, 5.41) is 10.7. The molecule has 12 heteroatoms. The molecular weight excluding hydrogens is 440 g/mol. The van der Waals surface area contributed by atoms with E-state index in [9.17, 15) is 28.1 Å². The number of benzene rings is 2. The van der Waals surface area contributed by atoms with Crippen LogP contribution in [0.5, 0.6) is 0 Å². The number of non-ortho nitro benzene ring substituents is 1. The van der Waals surface area contributed by atoms with E-state index in [0.717, 1.165) is 24.3 Å². The highest BCUT2D eigenvalue weighted by molar-refractivity contribution is 7.89. The molecule has 1 atom stereocenters. The molecule has 11 nitrogen and oxygen atoms in total. The maximum Gasteiger partial charge on any atom is 0.414 e. The van der Waals surface area contributed by atoms with Crippen molar-refractivity contribution in [3.63, 3.8) is 0 Å². The van der Waals surface area contributed by atoms with Crippen molar-refractivity contribution in [1.29, 1.82) is 0 Å². The number of carbonyl (C=O) groups excluding carboxylic acids is 2. The summed E-state index contributed by atoms with van der Waals surface area (Å²) < 4.78 is 30.3. The molecule has 0 saturated heterocycles. The predicted octanol–water partition coefficient (Wildman–Crippen LogP) is 2.44. The van der Waals surface area contributed by atoms with Gasteiger partial charge in [-0.3, -0.25) is 25.2 Å². The fourth-order valence-electron chi connectivity index (χ4n) is 3.13. The third-order valence-electron chi connectivity index (χ3n) is 4.56. The molecule has 0 aromatic heterocycles. The summed E-state index contributed by atoms with van der Waals surface area (Å²) in [6.45, 7) is 5.15. The Morgan fingerprint density at radius 3 is 2.34 bits per heavy atom. The number of rotatable bonds is 5. The number of carbonyl (C=O) groups is 2. The number of amides is 2. The van der Waals surface area contributed by atoms with Crippen LogP contribution in [0.25, 0.3) is 0 Å². The lowest BCUT2D eigenvalue weighted by Gasteiger charge is -2.25. The van der Waals surface area contributed by atoms with Crippen LogP contribution in [-0.2, 0) is 19.6 Å². The van der Waals surface area contributed by atoms with Crippen LogP contribution in [0, 0.1) is 10.1 Å². The number of anilines is 1. The summed E-state index contributed by atoms with van der Waals surface area (Å²) in [6, 6.07) is 11.0. The Labute approximate surface area is 184 Å². The first kappa shape index (κ1) is 23.2. The summed E-state index contributed by atoms with van der Waals surface area (Å²) in [4.78, 5) is 38.5. The van der Waals surface area contributed by atoms with Crippen LogP contribution in [0.15, 0.2) is 53.4 Å². The van der Waals surface area contributed by atoms with Crippen molar-refractivity contribution in [2.45, 2.75) is 37.2 Å². The first-order valence-corrected chi connectivity index (χ1v) is 11.0. The van der Waals surface area contributed by atoms with E-state index in [-0.39, 0.29) is 17.1 Å². The molecule has 1 heterocycles. The van der Waals surface area contributed by atoms with Crippen LogP contribution in [0.3, 0.4) is 0 Å². The summed E-state index contributed by atoms with van der Waals surface area (Å²) >= 11 is 0. The average Bonchev–Trinajstić information content (AvgIpc) is 3.11. The van der Waals surface area contributed by atoms with E-state index in [0.29, 0.717) is 11.3 Å². The van der Waals surface area contributed by atoms with Crippen LogP contribution in [0.1, 0.15) is 32.3 Å². The van der Waals surface area contributed by atoms with Crippen LogP contribution in [0.2, 0.25) is 0 Å². The quantitative estimate of drug-likeness (QED) is 0.512. The van der Waals surface area contributed by atoms with Crippen LogP contribution >= 0.6 is 0 Å². The number of sulfonamides is 1. The Morgan fingerprint density at radius 2 is 1.75 bits per heavy atom. The van der Waals surface area contributed by atoms with Gasteiger partial charge in [0, 0.05) is 18.7 Å².